The molecule has 3 atom stereocenters. The molecule has 5 rings (SSSR count). The van der Waals surface area contributed by atoms with Crippen LogP contribution in [0.15, 0.2) is 78.9 Å². The quantitative estimate of drug-likeness (QED) is 0.360. The van der Waals surface area contributed by atoms with E-state index in [1.54, 1.807) is 24.1 Å². The number of carbonyl (C=O) groups excluding carboxylic acids is 2. The average Bonchev–Trinajstić information content (AvgIpc) is 3.28. The van der Waals surface area contributed by atoms with E-state index in [9.17, 15) is 14.7 Å². The zero-order valence-electron chi connectivity index (χ0n) is 24.0. The Bertz CT molecular complexity index is 1530. The number of likely N-dealkylation sites (N-methyl/N-ethyl adjacent to an activating group) is 1. The van der Waals surface area contributed by atoms with E-state index in [1.807, 2.05) is 92.2 Å². The molecule has 41 heavy (non-hydrogen) atoms. The molecule has 214 valence electrons. The smallest absolute Gasteiger partial charge is 0.410 e. The number of aliphatic hydroxyl groups is 1. The first-order valence-electron chi connectivity index (χ1n) is 14.0. The van der Waals surface area contributed by atoms with Gasteiger partial charge in [0.2, 0.25) is 0 Å². The van der Waals surface area contributed by atoms with Crippen molar-refractivity contribution in [2.75, 3.05) is 26.7 Å². The highest BCUT2D eigenvalue weighted by Crippen LogP contribution is 2.38. The van der Waals surface area contributed by atoms with Gasteiger partial charge < -0.3 is 28.9 Å². The number of rotatable bonds is 5. The highest BCUT2D eigenvalue weighted by Gasteiger charge is 2.34. The molecule has 4 aromatic rings. The summed E-state index contributed by atoms with van der Waals surface area (Å²) in [5.74, 6) is 0.149. The fourth-order valence-corrected chi connectivity index (χ4v) is 5.54. The van der Waals surface area contributed by atoms with E-state index in [1.165, 1.54) is 4.90 Å². The standard InChI is InChI=1S/C33H37N3O5/c1-22-18-36(23(2)20-37)32(38)31-30(27-16-10-11-17-28(27)35(31)4)26-15-9-8-12-24(26)21-40-29(22)19-34(3)33(39)41-25-13-6-5-7-14-25/h5-17,22-23,29,37H,18-21H2,1-4H3/t22-,23+,29+/m1/s1. The SMILES string of the molecule is C[C@@H]1CN([C@@H](C)CO)C(=O)c2c(c3ccccc3n2C)-c2ccccc2CO[C@H]1CN(C)C(=O)Oc1ccccc1. The average molecular weight is 556 g/mol. The van der Waals surface area contributed by atoms with E-state index in [-0.39, 0.29) is 25.0 Å². The molecule has 0 saturated heterocycles. The molecule has 1 aromatic heterocycles. The predicted molar refractivity (Wildman–Crippen MR) is 159 cm³/mol. The zero-order chi connectivity index (χ0) is 29.1. The minimum atomic E-state index is -0.489. The molecular weight excluding hydrogens is 518 g/mol. The van der Waals surface area contributed by atoms with Gasteiger partial charge in [-0.2, -0.15) is 0 Å². The molecule has 0 aliphatic carbocycles. The third-order valence-corrected chi connectivity index (χ3v) is 7.94. The molecule has 2 amide bonds. The maximum Gasteiger partial charge on any atom is 0.415 e. The molecule has 0 radical (unpaired) electrons. The van der Waals surface area contributed by atoms with Crippen LogP contribution in [0.5, 0.6) is 5.75 Å². The Kier molecular flexibility index (Phi) is 8.42. The molecule has 0 bridgehead atoms. The third-order valence-electron chi connectivity index (χ3n) is 7.94. The minimum absolute atomic E-state index is 0.153. The Labute approximate surface area is 240 Å². The van der Waals surface area contributed by atoms with Gasteiger partial charge in [-0.1, -0.05) is 67.6 Å². The Balaban J connectivity index is 1.55. The van der Waals surface area contributed by atoms with Crippen molar-refractivity contribution in [3.8, 4) is 16.9 Å². The van der Waals surface area contributed by atoms with Crippen molar-refractivity contribution in [1.82, 2.24) is 14.4 Å². The van der Waals surface area contributed by atoms with Crippen LogP contribution in [0.25, 0.3) is 22.0 Å². The summed E-state index contributed by atoms with van der Waals surface area (Å²) in [6.07, 6.45) is -0.896. The van der Waals surface area contributed by atoms with E-state index in [2.05, 4.69) is 0 Å². The number of aryl methyl sites for hydroxylation is 1. The van der Waals surface area contributed by atoms with Gasteiger partial charge in [-0.15, -0.1) is 0 Å². The Morgan fingerprint density at radius 3 is 2.51 bits per heavy atom. The van der Waals surface area contributed by atoms with Gasteiger partial charge in [0.1, 0.15) is 11.4 Å². The van der Waals surface area contributed by atoms with Crippen molar-refractivity contribution >= 4 is 22.9 Å². The molecule has 0 spiro atoms. The summed E-state index contributed by atoms with van der Waals surface area (Å²) < 4.78 is 14.1. The van der Waals surface area contributed by atoms with E-state index in [0.29, 0.717) is 24.6 Å². The van der Waals surface area contributed by atoms with Gasteiger partial charge in [-0.3, -0.25) is 4.79 Å². The van der Waals surface area contributed by atoms with Crippen molar-refractivity contribution in [1.29, 1.82) is 0 Å². The van der Waals surface area contributed by atoms with Gasteiger partial charge in [-0.05, 0) is 36.2 Å². The van der Waals surface area contributed by atoms with Crippen LogP contribution in [0, 0.1) is 5.92 Å². The monoisotopic (exact) mass is 555 g/mol. The van der Waals surface area contributed by atoms with Crippen molar-refractivity contribution in [2.24, 2.45) is 13.0 Å². The number of carbonyl (C=O) groups is 2. The second-order valence-electron chi connectivity index (χ2n) is 10.8. The van der Waals surface area contributed by atoms with Crippen LogP contribution < -0.4 is 4.74 Å². The highest BCUT2D eigenvalue weighted by molar-refractivity contribution is 6.10. The number of nitrogens with zero attached hydrogens (tertiary/aromatic N) is 3. The second-order valence-corrected chi connectivity index (χ2v) is 10.8. The summed E-state index contributed by atoms with van der Waals surface area (Å²) in [7, 11) is 3.60. The summed E-state index contributed by atoms with van der Waals surface area (Å²) in [5, 5.41) is 11.2. The number of hydrogen-bond acceptors (Lipinski definition) is 5. The van der Waals surface area contributed by atoms with Crippen LogP contribution >= 0.6 is 0 Å². The lowest BCUT2D eigenvalue weighted by molar-refractivity contribution is -0.0206. The number of ether oxygens (including phenoxy) is 2. The largest absolute Gasteiger partial charge is 0.415 e. The maximum absolute atomic E-state index is 14.4. The predicted octanol–water partition coefficient (Wildman–Crippen LogP) is 5.33. The normalized spacial score (nSPS) is 18.3. The van der Waals surface area contributed by atoms with Crippen LogP contribution in [-0.2, 0) is 18.4 Å². The van der Waals surface area contributed by atoms with E-state index >= 15 is 0 Å². The molecule has 8 heteroatoms. The zero-order valence-corrected chi connectivity index (χ0v) is 24.0. The highest BCUT2D eigenvalue weighted by atomic mass is 16.6. The molecule has 8 nitrogen and oxygen atoms in total. The van der Waals surface area contributed by atoms with Gasteiger partial charge in [0.25, 0.3) is 5.91 Å². The first kappa shape index (κ1) is 28.4. The van der Waals surface area contributed by atoms with Crippen molar-refractivity contribution in [3.05, 3.63) is 90.1 Å². The van der Waals surface area contributed by atoms with Crippen LogP contribution in [0.3, 0.4) is 0 Å². The number of benzene rings is 3. The van der Waals surface area contributed by atoms with Crippen LogP contribution in [0.1, 0.15) is 29.9 Å². The molecule has 3 aromatic carbocycles. The fraction of sp³-hybridized carbons (Fsp3) is 0.333. The lowest BCUT2D eigenvalue weighted by atomic mass is 9.96. The second kappa shape index (κ2) is 12.2. The number of fused-ring (bicyclic) bond motifs is 5. The van der Waals surface area contributed by atoms with Gasteiger partial charge in [0, 0.05) is 43.0 Å². The molecule has 1 N–H and O–H groups in total. The molecule has 1 aliphatic rings. The van der Waals surface area contributed by atoms with Gasteiger partial charge in [0.15, 0.2) is 0 Å². The van der Waals surface area contributed by atoms with E-state index in [0.717, 1.165) is 27.6 Å². The number of aromatic nitrogens is 1. The van der Waals surface area contributed by atoms with Crippen molar-refractivity contribution in [3.63, 3.8) is 0 Å². The first-order chi connectivity index (χ1) is 19.8. The number of amides is 2. The maximum atomic E-state index is 14.4. The molecule has 0 unspecified atom stereocenters. The van der Waals surface area contributed by atoms with E-state index < -0.39 is 18.2 Å². The number of hydrogen-bond donors (Lipinski definition) is 1. The Morgan fingerprint density at radius 1 is 1.07 bits per heavy atom. The summed E-state index contributed by atoms with van der Waals surface area (Å²) in [4.78, 5) is 30.6. The van der Waals surface area contributed by atoms with Gasteiger partial charge >= 0.3 is 6.09 Å². The summed E-state index contributed by atoms with van der Waals surface area (Å²) in [5.41, 5.74) is 4.27. The minimum Gasteiger partial charge on any atom is -0.410 e. The van der Waals surface area contributed by atoms with Crippen LogP contribution in [0.4, 0.5) is 4.79 Å². The van der Waals surface area contributed by atoms with Crippen LogP contribution in [0.2, 0.25) is 0 Å². The summed E-state index contributed by atoms with van der Waals surface area (Å²) in [6, 6.07) is 24.5. The molecule has 0 fully saturated rings. The lowest BCUT2D eigenvalue weighted by Crippen LogP contribution is -2.48. The molecule has 0 saturated carbocycles. The summed E-state index contributed by atoms with van der Waals surface area (Å²) >= 11 is 0. The molecule has 2 heterocycles. The Morgan fingerprint density at radius 2 is 1.76 bits per heavy atom. The van der Waals surface area contributed by atoms with Crippen molar-refractivity contribution in [2.45, 2.75) is 32.6 Å². The molecular formula is C33H37N3O5. The number of aliphatic hydroxyl groups excluding tert-OH is 1. The molecule has 1 aliphatic heterocycles. The first-order valence-corrected chi connectivity index (χ1v) is 14.0. The van der Waals surface area contributed by atoms with Crippen LogP contribution in [-0.4, -0.2) is 70.4 Å². The lowest BCUT2D eigenvalue weighted by Gasteiger charge is -2.34. The van der Waals surface area contributed by atoms with E-state index in [4.69, 9.17) is 9.47 Å². The number of para-hydroxylation sites is 2. The fourth-order valence-electron chi connectivity index (χ4n) is 5.54. The van der Waals surface area contributed by atoms with Crippen molar-refractivity contribution < 1.29 is 24.2 Å². The Hall–Kier alpha value is -4.14. The summed E-state index contributed by atoms with van der Waals surface area (Å²) in [6.45, 7) is 4.59. The third kappa shape index (κ3) is 5.71. The van der Waals surface area contributed by atoms with Gasteiger partial charge in [-0.25, -0.2) is 4.79 Å². The topological polar surface area (TPSA) is 84.2 Å². The van der Waals surface area contributed by atoms with Gasteiger partial charge in [0.05, 0.1) is 31.9 Å².